The SMILES string of the molecule is CN1CCCCC1CNc1ccc2[nH]ncc2c1. The number of anilines is 1. The van der Waals surface area contributed by atoms with Crippen molar-refractivity contribution in [3.8, 4) is 0 Å². The number of fused-ring (bicyclic) bond motifs is 1. The van der Waals surface area contributed by atoms with Gasteiger partial charge in [-0.1, -0.05) is 6.42 Å². The first-order valence-electron chi connectivity index (χ1n) is 6.70. The molecule has 96 valence electrons. The third-order valence-corrected chi connectivity index (χ3v) is 3.90. The standard InChI is InChI=1S/C14H20N4/c1-18-7-3-2-4-13(18)10-15-12-5-6-14-11(8-12)9-16-17-14/h5-6,8-9,13,15H,2-4,7,10H2,1H3,(H,16,17). The van der Waals surface area contributed by atoms with Gasteiger partial charge in [0.2, 0.25) is 0 Å². The number of nitrogens with one attached hydrogen (secondary N) is 2. The van der Waals surface area contributed by atoms with E-state index in [0.29, 0.717) is 6.04 Å². The Balaban J connectivity index is 1.65. The second-order valence-corrected chi connectivity index (χ2v) is 5.18. The second kappa shape index (κ2) is 4.98. The molecule has 2 N–H and O–H groups in total. The predicted octanol–water partition coefficient (Wildman–Crippen LogP) is 2.46. The van der Waals surface area contributed by atoms with Crippen LogP contribution in [0, 0.1) is 0 Å². The summed E-state index contributed by atoms with van der Waals surface area (Å²) in [6, 6.07) is 7.01. The van der Waals surface area contributed by atoms with E-state index in [0.717, 1.165) is 17.4 Å². The highest BCUT2D eigenvalue weighted by atomic mass is 15.2. The summed E-state index contributed by atoms with van der Waals surface area (Å²) < 4.78 is 0. The summed E-state index contributed by atoms with van der Waals surface area (Å²) >= 11 is 0. The molecule has 3 rings (SSSR count). The average Bonchev–Trinajstić information content (AvgIpc) is 2.85. The Morgan fingerprint density at radius 1 is 1.44 bits per heavy atom. The minimum absolute atomic E-state index is 0.666. The van der Waals surface area contributed by atoms with Crippen molar-refractivity contribution in [2.45, 2.75) is 25.3 Å². The molecule has 2 heterocycles. The minimum Gasteiger partial charge on any atom is -0.383 e. The molecule has 2 aromatic rings. The third kappa shape index (κ3) is 2.34. The van der Waals surface area contributed by atoms with Gasteiger partial charge in [0.05, 0.1) is 11.7 Å². The molecule has 0 bridgehead atoms. The van der Waals surface area contributed by atoms with Crippen LogP contribution in [0.15, 0.2) is 24.4 Å². The molecule has 1 aromatic heterocycles. The number of piperidine rings is 1. The Bertz CT molecular complexity index is 519. The molecule has 4 heteroatoms. The van der Waals surface area contributed by atoms with E-state index in [1.54, 1.807) is 0 Å². The van der Waals surface area contributed by atoms with Crippen LogP contribution in [0.25, 0.3) is 10.9 Å². The molecule has 4 nitrogen and oxygen atoms in total. The largest absolute Gasteiger partial charge is 0.383 e. The van der Waals surface area contributed by atoms with E-state index in [-0.39, 0.29) is 0 Å². The molecular formula is C14H20N4. The van der Waals surface area contributed by atoms with Crippen LogP contribution in [-0.2, 0) is 0 Å². The molecule has 0 saturated carbocycles. The molecule has 0 radical (unpaired) electrons. The second-order valence-electron chi connectivity index (χ2n) is 5.18. The fraction of sp³-hybridized carbons (Fsp3) is 0.500. The fourth-order valence-corrected chi connectivity index (χ4v) is 2.69. The molecule has 1 aliphatic rings. The van der Waals surface area contributed by atoms with Gasteiger partial charge in [-0.2, -0.15) is 5.10 Å². The van der Waals surface area contributed by atoms with Crippen molar-refractivity contribution in [2.24, 2.45) is 0 Å². The number of rotatable bonds is 3. The number of aromatic nitrogens is 2. The highest BCUT2D eigenvalue weighted by Gasteiger charge is 2.18. The smallest absolute Gasteiger partial charge is 0.0651 e. The summed E-state index contributed by atoms with van der Waals surface area (Å²) in [4.78, 5) is 2.47. The quantitative estimate of drug-likeness (QED) is 0.871. The zero-order valence-electron chi connectivity index (χ0n) is 10.8. The summed E-state index contributed by atoms with van der Waals surface area (Å²) in [7, 11) is 2.23. The van der Waals surface area contributed by atoms with Gasteiger partial charge in [0.1, 0.15) is 0 Å². The Kier molecular flexibility index (Phi) is 3.19. The maximum Gasteiger partial charge on any atom is 0.0651 e. The highest BCUT2D eigenvalue weighted by molar-refractivity contribution is 5.81. The van der Waals surface area contributed by atoms with E-state index < -0.39 is 0 Å². The first-order chi connectivity index (χ1) is 8.83. The predicted molar refractivity (Wildman–Crippen MR) is 74.9 cm³/mol. The van der Waals surface area contributed by atoms with Crippen molar-refractivity contribution < 1.29 is 0 Å². The van der Waals surface area contributed by atoms with Crippen LogP contribution < -0.4 is 5.32 Å². The number of benzene rings is 1. The lowest BCUT2D eigenvalue weighted by molar-refractivity contribution is 0.194. The van der Waals surface area contributed by atoms with Crippen LogP contribution in [0.5, 0.6) is 0 Å². The van der Waals surface area contributed by atoms with Crippen molar-refractivity contribution in [1.29, 1.82) is 0 Å². The molecule has 0 amide bonds. The lowest BCUT2D eigenvalue weighted by atomic mass is 10.0. The molecule has 0 spiro atoms. The summed E-state index contributed by atoms with van der Waals surface area (Å²) in [6.07, 6.45) is 5.87. The normalized spacial score (nSPS) is 21.3. The van der Waals surface area contributed by atoms with Crippen molar-refractivity contribution in [1.82, 2.24) is 15.1 Å². The summed E-state index contributed by atoms with van der Waals surface area (Å²) in [5.41, 5.74) is 2.28. The van der Waals surface area contributed by atoms with Gasteiger partial charge >= 0.3 is 0 Å². The Hall–Kier alpha value is -1.55. The van der Waals surface area contributed by atoms with Crippen LogP contribution in [0.3, 0.4) is 0 Å². The molecule has 1 fully saturated rings. The van der Waals surface area contributed by atoms with Crippen molar-refractivity contribution in [2.75, 3.05) is 25.5 Å². The lowest BCUT2D eigenvalue weighted by Crippen LogP contribution is -2.40. The number of hydrogen-bond acceptors (Lipinski definition) is 3. The van der Waals surface area contributed by atoms with Gasteiger partial charge < -0.3 is 10.2 Å². The number of nitrogens with zero attached hydrogens (tertiary/aromatic N) is 2. The number of H-pyrrole nitrogens is 1. The number of likely N-dealkylation sites (tertiary alicyclic amines) is 1. The Labute approximate surface area is 107 Å². The van der Waals surface area contributed by atoms with E-state index in [1.807, 2.05) is 6.20 Å². The summed E-state index contributed by atoms with van der Waals surface area (Å²) in [5, 5.41) is 11.7. The third-order valence-electron chi connectivity index (χ3n) is 3.90. The summed E-state index contributed by atoms with van der Waals surface area (Å²) in [5.74, 6) is 0. The van der Waals surface area contributed by atoms with Crippen LogP contribution in [0.1, 0.15) is 19.3 Å². The van der Waals surface area contributed by atoms with Gasteiger partial charge in [-0.15, -0.1) is 0 Å². The van der Waals surface area contributed by atoms with Gasteiger partial charge in [0, 0.05) is 23.7 Å². The Morgan fingerprint density at radius 2 is 2.39 bits per heavy atom. The molecule has 0 aliphatic carbocycles. The molecule has 1 atom stereocenters. The van der Waals surface area contributed by atoms with Crippen molar-refractivity contribution >= 4 is 16.6 Å². The maximum atomic E-state index is 4.04. The lowest BCUT2D eigenvalue weighted by Gasteiger charge is -2.32. The van der Waals surface area contributed by atoms with Crippen LogP contribution in [-0.4, -0.2) is 41.3 Å². The molecular weight excluding hydrogens is 224 g/mol. The number of hydrogen-bond donors (Lipinski definition) is 2. The van der Waals surface area contributed by atoms with Gasteiger partial charge in [-0.3, -0.25) is 5.10 Å². The van der Waals surface area contributed by atoms with E-state index in [9.17, 15) is 0 Å². The van der Waals surface area contributed by atoms with E-state index in [4.69, 9.17) is 0 Å². The van der Waals surface area contributed by atoms with E-state index in [1.165, 1.54) is 31.5 Å². The van der Waals surface area contributed by atoms with Crippen LogP contribution in [0.2, 0.25) is 0 Å². The van der Waals surface area contributed by atoms with Crippen molar-refractivity contribution in [3.05, 3.63) is 24.4 Å². The first kappa shape index (κ1) is 11.5. The molecule has 1 aromatic carbocycles. The molecule has 1 unspecified atom stereocenters. The number of aromatic amines is 1. The van der Waals surface area contributed by atoms with Crippen LogP contribution >= 0.6 is 0 Å². The number of likely N-dealkylation sites (N-methyl/N-ethyl adjacent to an activating group) is 1. The zero-order valence-corrected chi connectivity index (χ0v) is 10.8. The van der Waals surface area contributed by atoms with Gasteiger partial charge in [-0.05, 0) is 44.6 Å². The fourth-order valence-electron chi connectivity index (χ4n) is 2.69. The molecule has 1 saturated heterocycles. The van der Waals surface area contributed by atoms with Gasteiger partial charge in [-0.25, -0.2) is 0 Å². The van der Waals surface area contributed by atoms with Gasteiger partial charge in [0.15, 0.2) is 0 Å². The molecule has 1 aliphatic heterocycles. The van der Waals surface area contributed by atoms with Gasteiger partial charge in [0.25, 0.3) is 0 Å². The zero-order chi connectivity index (χ0) is 12.4. The topological polar surface area (TPSA) is 44.0 Å². The molecule has 18 heavy (non-hydrogen) atoms. The monoisotopic (exact) mass is 244 g/mol. The summed E-state index contributed by atoms with van der Waals surface area (Å²) in [6.45, 7) is 2.26. The van der Waals surface area contributed by atoms with E-state index in [2.05, 4.69) is 45.7 Å². The van der Waals surface area contributed by atoms with Crippen molar-refractivity contribution in [3.63, 3.8) is 0 Å². The highest BCUT2D eigenvalue weighted by Crippen LogP contribution is 2.19. The Morgan fingerprint density at radius 3 is 3.28 bits per heavy atom. The van der Waals surface area contributed by atoms with Crippen LogP contribution in [0.4, 0.5) is 5.69 Å². The first-order valence-corrected chi connectivity index (χ1v) is 6.70. The minimum atomic E-state index is 0.666. The maximum absolute atomic E-state index is 4.04. The average molecular weight is 244 g/mol. The van der Waals surface area contributed by atoms with E-state index >= 15 is 0 Å².